The Morgan fingerprint density at radius 2 is 1.77 bits per heavy atom. The maximum Gasteiger partial charge on any atom is 0.224 e. The number of benzene rings is 2. The predicted molar refractivity (Wildman–Crippen MR) is 123 cm³/mol. The van der Waals surface area contributed by atoms with Crippen LogP contribution in [0, 0.1) is 5.92 Å². The van der Waals surface area contributed by atoms with Crippen molar-refractivity contribution in [2.24, 2.45) is 10.9 Å². The maximum absolute atomic E-state index is 11.7. The zero-order valence-corrected chi connectivity index (χ0v) is 18.3. The van der Waals surface area contributed by atoms with Crippen molar-refractivity contribution in [3.63, 3.8) is 0 Å². The summed E-state index contributed by atoms with van der Waals surface area (Å²) < 4.78 is 5.80. The van der Waals surface area contributed by atoms with Crippen LogP contribution in [0.4, 0.5) is 5.69 Å². The molecule has 1 unspecified atom stereocenters. The van der Waals surface area contributed by atoms with Crippen LogP contribution in [-0.4, -0.2) is 32.1 Å². The van der Waals surface area contributed by atoms with Crippen molar-refractivity contribution < 1.29 is 9.53 Å². The van der Waals surface area contributed by atoms with Gasteiger partial charge in [-0.15, -0.1) is 0 Å². The molecule has 2 rings (SSSR count). The summed E-state index contributed by atoms with van der Waals surface area (Å²) in [7, 11) is 1.76. The van der Waals surface area contributed by atoms with Crippen LogP contribution in [0.3, 0.4) is 0 Å². The van der Waals surface area contributed by atoms with Gasteiger partial charge in [0.05, 0.1) is 13.2 Å². The molecule has 0 bridgehead atoms. The Morgan fingerprint density at radius 1 is 1.03 bits per heavy atom. The van der Waals surface area contributed by atoms with E-state index in [-0.39, 0.29) is 5.91 Å². The van der Waals surface area contributed by atoms with Crippen LogP contribution in [0.2, 0.25) is 0 Å². The summed E-state index contributed by atoms with van der Waals surface area (Å²) in [6.45, 7) is 6.89. The number of nitrogens with zero attached hydrogens (tertiary/aromatic N) is 1. The molecular formula is C24H34N4O2. The van der Waals surface area contributed by atoms with Crippen LogP contribution in [0.5, 0.6) is 0 Å². The lowest BCUT2D eigenvalue weighted by atomic mass is 10.2. The van der Waals surface area contributed by atoms with E-state index in [1.165, 1.54) is 5.56 Å². The molecule has 0 saturated carbocycles. The van der Waals surface area contributed by atoms with Crippen LogP contribution >= 0.6 is 0 Å². The van der Waals surface area contributed by atoms with E-state index in [9.17, 15) is 4.79 Å². The second-order valence-electron chi connectivity index (χ2n) is 7.41. The lowest BCUT2D eigenvalue weighted by molar-refractivity contribution is -0.116. The van der Waals surface area contributed by atoms with E-state index in [2.05, 4.69) is 40.0 Å². The van der Waals surface area contributed by atoms with Crippen LogP contribution in [-0.2, 0) is 22.7 Å². The first-order valence-electron chi connectivity index (χ1n) is 10.6. The standard InChI is InChI=1S/C24H34N4O2/c1-4-8-23(29)28-22-13-11-20(12-14-22)16-27-24(25-3)26-15-19(2)17-30-18-21-9-6-5-7-10-21/h5-7,9-14,19H,4,8,15-18H2,1-3H3,(H,28,29)(H2,25,26,27). The summed E-state index contributed by atoms with van der Waals surface area (Å²) in [6.07, 6.45) is 1.39. The number of hydrogen-bond donors (Lipinski definition) is 3. The van der Waals surface area contributed by atoms with Crippen molar-refractivity contribution in [3.05, 3.63) is 65.7 Å². The molecule has 0 aliphatic rings. The fourth-order valence-electron chi connectivity index (χ4n) is 2.84. The number of rotatable bonds is 11. The second-order valence-corrected chi connectivity index (χ2v) is 7.41. The molecule has 0 heterocycles. The third-order valence-corrected chi connectivity index (χ3v) is 4.53. The zero-order chi connectivity index (χ0) is 21.6. The van der Waals surface area contributed by atoms with Gasteiger partial charge in [-0.2, -0.15) is 0 Å². The van der Waals surface area contributed by atoms with Gasteiger partial charge in [0.15, 0.2) is 5.96 Å². The minimum atomic E-state index is 0.0508. The second kappa shape index (κ2) is 13.4. The average molecular weight is 411 g/mol. The number of guanidine groups is 1. The zero-order valence-electron chi connectivity index (χ0n) is 18.3. The Balaban J connectivity index is 1.67. The highest BCUT2D eigenvalue weighted by molar-refractivity contribution is 5.90. The van der Waals surface area contributed by atoms with Gasteiger partial charge in [0.1, 0.15) is 0 Å². The Bertz CT molecular complexity index is 776. The largest absolute Gasteiger partial charge is 0.376 e. The van der Waals surface area contributed by atoms with E-state index >= 15 is 0 Å². The molecule has 30 heavy (non-hydrogen) atoms. The van der Waals surface area contributed by atoms with E-state index < -0.39 is 0 Å². The third kappa shape index (κ3) is 9.09. The first-order valence-corrected chi connectivity index (χ1v) is 10.6. The summed E-state index contributed by atoms with van der Waals surface area (Å²) in [6, 6.07) is 18.0. The fraction of sp³-hybridized carbons (Fsp3) is 0.417. The quantitative estimate of drug-likeness (QED) is 0.387. The number of hydrogen-bond acceptors (Lipinski definition) is 3. The molecular weight excluding hydrogens is 376 g/mol. The molecule has 0 aliphatic carbocycles. The van der Waals surface area contributed by atoms with Gasteiger partial charge in [0, 0.05) is 32.2 Å². The fourth-order valence-corrected chi connectivity index (χ4v) is 2.84. The summed E-state index contributed by atoms with van der Waals surface area (Å²) in [5.41, 5.74) is 3.13. The molecule has 1 amide bonds. The van der Waals surface area contributed by atoms with E-state index in [4.69, 9.17) is 4.74 Å². The molecule has 0 aromatic heterocycles. The predicted octanol–water partition coefficient (Wildman–Crippen LogP) is 3.94. The van der Waals surface area contributed by atoms with Crippen LogP contribution in [0.25, 0.3) is 0 Å². The Kier molecular flexibility index (Phi) is 10.4. The van der Waals surface area contributed by atoms with Crippen molar-refractivity contribution >= 4 is 17.6 Å². The van der Waals surface area contributed by atoms with Gasteiger partial charge in [-0.05, 0) is 35.6 Å². The summed E-state index contributed by atoms with van der Waals surface area (Å²) in [5.74, 6) is 1.17. The van der Waals surface area contributed by atoms with Gasteiger partial charge in [0.25, 0.3) is 0 Å². The molecule has 0 radical (unpaired) electrons. The molecule has 0 spiro atoms. The van der Waals surface area contributed by atoms with Crippen LogP contribution in [0.15, 0.2) is 59.6 Å². The van der Waals surface area contributed by atoms with Gasteiger partial charge in [-0.1, -0.05) is 56.3 Å². The Labute approximate surface area is 180 Å². The SMILES string of the molecule is CCCC(=O)Nc1ccc(CNC(=NC)NCC(C)COCc2ccccc2)cc1. The molecule has 3 N–H and O–H groups in total. The van der Waals surface area contributed by atoms with Crippen LogP contribution < -0.4 is 16.0 Å². The van der Waals surface area contributed by atoms with Crippen LogP contribution in [0.1, 0.15) is 37.8 Å². The third-order valence-electron chi connectivity index (χ3n) is 4.53. The number of aliphatic imine (C=N–C) groups is 1. The topological polar surface area (TPSA) is 74.8 Å². The number of anilines is 1. The smallest absolute Gasteiger partial charge is 0.224 e. The minimum Gasteiger partial charge on any atom is -0.376 e. The van der Waals surface area contributed by atoms with Gasteiger partial charge < -0.3 is 20.7 Å². The molecule has 6 heteroatoms. The number of ether oxygens (including phenoxy) is 1. The number of nitrogens with one attached hydrogen (secondary N) is 3. The molecule has 0 saturated heterocycles. The van der Waals surface area contributed by atoms with Gasteiger partial charge in [-0.3, -0.25) is 9.79 Å². The van der Waals surface area contributed by atoms with Crippen molar-refractivity contribution in [3.8, 4) is 0 Å². The highest BCUT2D eigenvalue weighted by Gasteiger charge is 2.05. The highest BCUT2D eigenvalue weighted by atomic mass is 16.5. The summed E-state index contributed by atoms with van der Waals surface area (Å²) in [4.78, 5) is 15.9. The minimum absolute atomic E-state index is 0.0508. The molecule has 2 aromatic carbocycles. The van der Waals surface area contributed by atoms with Crippen molar-refractivity contribution in [2.75, 3.05) is 25.5 Å². The molecule has 0 fully saturated rings. The van der Waals surface area contributed by atoms with E-state index in [0.717, 1.165) is 30.2 Å². The maximum atomic E-state index is 11.7. The molecule has 1 atom stereocenters. The highest BCUT2D eigenvalue weighted by Crippen LogP contribution is 2.10. The van der Waals surface area contributed by atoms with E-state index in [1.807, 2.05) is 49.4 Å². The lowest BCUT2D eigenvalue weighted by Crippen LogP contribution is -2.39. The number of carbonyl (C=O) groups excluding carboxylic acids is 1. The van der Waals surface area contributed by atoms with Crippen molar-refractivity contribution in [2.45, 2.75) is 39.8 Å². The van der Waals surface area contributed by atoms with E-state index in [0.29, 0.717) is 32.1 Å². The summed E-state index contributed by atoms with van der Waals surface area (Å²) >= 11 is 0. The molecule has 6 nitrogen and oxygen atoms in total. The first kappa shape index (κ1) is 23.4. The molecule has 2 aromatic rings. The number of amides is 1. The molecule has 0 aliphatic heterocycles. The first-order chi connectivity index (χ1) is 14.6. The van der Waals surface area contributed by atoms with Crippen molar-refractivity contribution in [1.82, 2.24) is 10.6 Å². The van der Waals surface area contributed by atoms with Gasteiger partial charge in [-0.25, -0.2) is 0 Å². The van der Waals surface area contributed by atoms with Crippen molar-refractivity contribution in [1.29, 1.82) is 0 Å². The average Bonchev–Trinajstić information content (AvgIpc) is 2.76. The van der Waals surface area contributed by atoms with Gasteiger partial charge in [0.2, 0.25) is 5.91 Å². The summed E-state index contributed by atoms with van der Waals surface area (Å²) in [5, 5.41) is 9.55. The van der Waals surface area contributed by atoms with E-state index in [1.54, 1.807) is 7.05 Å². The Morgan fingerprint density at radius 3 is 2.43 bits per heavy atom. The van der Waals surface area contributed by atoms with Gasteiger partial charge >= 0.3 is 0 Å². The normalized spacial score (nSPS) is 12.3. The Hall–Kier alpha value is -2.86. The monoisotopic (exact) mass is 410 g/mol. The number of carbonyl (C=O) groups is 1. The lowest BCUT2D eigenvalue weighted by Gasteiger charge is -2.16. The molecule has 162 valence electrons.